The van der Waals surface area contributed by atoms with E-state index in [1.807, 2.05) is 0 Å². The number of ether oxygens (including phenoxy) is 2. The van der Waals surface area contributed by atoms with Gasteiger partial charge in [-0.15, -0.1) is 0 Å². The summed E-state index contributed by atoms with van der Waals surface area (Å²) < 4.78 is 23.5. The zero-order valence-electron chi connectivity index (χ0n) is 12.1. The highest BCUT2D eigenvalue weighted by atomic mass is 19.1. The summed E-state index contributed by atoms with van der Waals surface area (Å²) in [5.74, 6) is -2.07. The average molecular weight is 293 g/mol. The predicted octanol–water partition coefficient (Wildman–Crippen LogP) is 2.23. The van der Waals surface area contributed by atoms with Crippen molar-refractivity contribution < 1.29 is 23.5 Å². The van der Waals surface area contributed by atoms with Crippen LogP contribution in [-0.2, 0) is 14.3 Å². The number of ketones is 1. The lowest BCUT2D eigenvalue weighted by Gasteiger charge is -2.20. The first-order valence-corrected chi connectivity index (χ1v) is 6.36. The normalized spacial score (nSPS) is 10.6. The summed E-state index contributed by atoms with van der Waals surface area (Å²) >= 11 is 0. The first kappa shape index (κ1) is 16.6. The second-order valence-electron chi connectivity index (χ2n) is 4.81. The molecule has 0 aliphatic heterocycles. The van der Waals surface area contributed by atoms with Crippen LogP contribution in [0.1, 0.15) is 26.3 Å². The van der Waals surface area contributed by atoms with Crippen molar-refractivity contribution in [2.75, 3.05) is 13.2 Å². The SMILES string of the molecule is CCOC(=O)C(C)(C)C(=O)COc1ccc(C#N)cc1F. The number of Topliss-reactive ketones (excluding diaryl/α,β-unsaturated/α-hetero) is 1. The van der Waals surface area contributed by atoms with E-state index in [9.17, 15) is 14.0 Å². The molecule has 0 aliphatic rings. The van der Waals surface area contributed by atoms with Crippen LogP contribution < -0.4 is 4.74 Å². The Labute approximate surface area is 122 Å². The Morgan fingerprint density at radius 2 is 2.05 bits per heavy atom. The summed E-state index contributed by atoms with van der Waals surface area (Å²) in [7, 11) is 0. The van der Waals surface area contributed by atoms with Crippen LogP contribution in [0, 0.1) is 22.6 Å². The third-order valence-electron chi connectivity index (χ3n) is 2.90. The predicted molar refractivity (Wildman–Crippen MR) is 72.0 cm³/mol. The molecule has 0 spiro atoms. The fraction of sp³-hybridized carbons (Fsp3) is 0.400. The van der Waals surface area contributed by atoms with Gasteiger partial charge in [0.2, 0.25) is 0 Å². The van der Waals surface area contributed by atoms with E-state index in [2.05, 4.69) is 0 Å². The molecule has 0 fully saturated rings. The maximum atomic E-state index is 13.6. The van der Waals surface area contributed by atoms with E-state index in [0.29, 0.717) is 0 Å². The Bertz CT molecular complexity index is 590. The fourth-order valence-corrected chi connectivity index (χ4v) is 1.44. The number of halogens is 1. The minimum atomic E-state index is -1.36. The van der Waals surface area contributed by atoms with Crippen molar-refractivity contribution in [2.24, 2.45) is 5.41 Å². The van der Waals surface area contributed by atoms with Crippen molar-refractivity contribution in [2.45, 2.75) is 20.8 Å². The summed E-state index contributed by atoms with van der Waals surface area (Å²) in [4.78, 5) is 23.6. The minimum Gasteiger partial charge on any atom is -0.483 e. The third-order valence-corrected chi connectivity index (χ3v) is 2.90. The molecule has 0 aromatic heterocycles. The minimum absolute atomic E-state index is 0.151. The second-order valence-corrected chi connectivity index (χ2v) is 4.81. The number of hydrogen-bond acceptors (Lipinski definition) is 5. The number of carbonyl (C=O) groups is 2. The van der Waals surface area contributed by atoms with Gasteiger partial charge < -0.3 is 9.47 Å². The van der Waals surface area contributed by atoms with Gasteiger partial charge >= 0.3 is 5.97 Å². The molecule has 1 aromatic carbocycles. The molecule has 0 atom stereocenters. The molecule has 0 aliphatic carbocycles. The van der Waals surface area contributed by atoms with Gasteiger partial charge in [-0.1, -0.05) is 0 Å². The van der Waals surface area contributed by atoms with Gasteiger partial charge in [-0.05, 0) is 39.0 Å². The summed E-state index contributed by atoms with van der Waals surface area (Å²) in [5, 5.41) is 8.63. The highest BCUT2D eigenvalue weighted by Gasteiger charge is 2.37. The van der Waals surface area contributed by atoms with Gasteiger partial charge in [0, 0.05) is 0 Å². The molecule has 0 amide bonds. The standard InChI is InChI=1S/C15H16FNO4/c1-4-20-14(19)15(2,3)13(18)9-21-12-6-5-10(8-17)7-11(12)16/h5-7H,4,9H2,1-3H3. The van der Waals surface area contributed by atoms with Gasteiger partial charge in [-0.3, -0.25) is 9.59 Å². The lowest BCUT2D eigenvalue weighted by atomic mass is 9.88. The molecule has 0 radical (unpaired) electrons. The highest BCUT2D eigenvalue weighted by Crippen LogP contribution is 2.22. The molecular formula is C15H16FNO4. The van der Waals surface area contributed by atoms with E-state index in [-0.39, 0.29) is 17.9 Å². The van der Waals surface area contributed by atoms with Gasteiger partial charge in [-0.25, -0.2) is 4.39 Å². The lowest BCUT2D eigenvalue weighted by molar-refractivity contribution is -0.158. The van der Waals surface area contributed by atoms with E-state index < -0.39 is 29.6 Å². The molecule has 5 nitrogen and oxygen atoms in total. The molecule has 1 rings (SSSR count). The van der Waals surface area contributed by atoms with Crippen molar-refractivity contribution in [3.05, 3.63) is 29.6 Å². The van der Waals surface area contributed by atoms with Crippen LogP contribution in [0.3, 0.4) is 0 Å². The van der Waals surface area contributed by atoms with Crippen LogP contribution >= 0.6 is 0 Å². The Balaban J connectivity index is 2.73. The first-order chi connectivity index (χ1) is 9.82. The van der Waals surface area contributed by atoms with Crippen LogP contribution in [0.25, 0.3) is 0 Å². The van der Waals surface area contributed by atoms with E-state index in [1.165, 1.54) is 26.0 Å². The smallest absolute Gasteiger partial charge is 0.319 e. The number of benzene rings is 1. The van der Waals surface area contributed by atoms with Crippen molar-refractivity contribution in [3.8, 4) is 11.8 Å². The van der Waals surface area contributed by atoms with Crippen molar-refractivity contribution in [1.29, 1.82) is 5.26 Å². The molecular weight excluding hydrogens is 277 g/mol. The summed E-state index contributed by atoms with van der Waals surface area (Å²) in [5.41, 5.74) is -1.21. The number of nitrogens with zero attached hydrogens (tertiary/aromatic N) is 1. The zero-order chi connectivity index (χ0) is 16.0. The number of hydrogen-bond donors (Lipinski definition) is 0. The van der Waals surface area contributed by atoms with E-state index in [4.69, 9.17) is 14.7 Å². The molecule has 112 valence electrons. The topological polar surface area (TPSA) is 76.4 Å². The molecule has 0 saturated heterocycles. The summed E-state index contributed by atoms with van der Waals surface area (Å²) in [6, 6.07) is 5.44. The van der Waals surface area contributed by atoms with E-state index >= 15 is 0 Å². The largest absolute Gasteiger partial charge is 0.483 e. The first-order valence-electron chi connectivity index (χ1n) is 6.36. The van der Waals surface area contributed by atoms with Crippen LogP contribution in [0.15, 0.2) is 18.2 Å². The maximum Gasteiger partial charge on any atom is 0.319 e. The number of esters is 1. The molecule has 0 bridgehead atoms. The van der Waals surface area contributed by atoms with Gasteiger partial charge in [0.1, 0.15) is 12.0 Å². The zero-order valence-corrected chi connectivity index (χ0v) is 12.1. The fourth-order valence-electron chi connectivity index (χ4n) is 1.44. The van der Waals surface area contributed by atoms with Crippen LogP contribution in [0.4, 0.5) is 4.39 Å². The molecule has 0 unspecified atom stereocenters. The second kappa shape index (κ2) is 6.84. The maximum absolute atomic E-state index is 13.6. The quantitative estimate of drug-likeness (QED) is 0.594. The monoisotopic (exact) mass is 293 g/mol. The third kappa shape index (κ3) is 4.02. The molecule has 0 heterocycles. The number of carbonyl (C=O) groups excluding carboxylic acids is 2. The Kier molecular flexibility index (Phi) is 5.42. The van der Waals surface area contributed by atoms with E-state index in [0.717, 1.165) is 6.07 Å². The number of rotatable bonds is 6. The van der Waals surface area contributed by atoms with Crippen molar-refractivity contribution in [3.63, 3.8) is 0 Å². The Hall–Kier alpha value is -2.42. The summed E-state index contributed by atoms with van der Waals surface area (Å²) in [6.07, 6.45) is 0. The molecule has 21 heavy (non-hydrogen) atoms. The number of nitriles is 1. The molecule has 0 N–H and O–H groups in total. The van der Waals surface area contributed by atoms with Gasteiger partial charge in [-0.2, -0.15) is 5.26 Å². The van der Waals surface area contributed by atoms with Gasteiger partial charge in [0.05, 0.1) is 18.2 Å². The van der Waals surface area contributed by atoms with Crippen LogP contribution in [0.2, 0.25) is 0 Å². The van der Waals surface area contributed by atoms with Crippen LogP contribution in [-0.4, -0.2) is 25.0 Å². The van der Waals surface area contributed by atoms with Gasteiger partial charge in [0.15, 0.2) is 17.3 Å². The Morgan fingerprint density at radius 1 is 1.38 bits per heavy atom. The lowest BCUT2D eigenvalue weighted by Crippen LogP contribution is -2.38. The molecule has 1 aromatic rings. The summed E-state index contributed by atoms with van der Waals surface area (Å²) in [6.45, 7) is 4.19. The highest BCUT2D eigenvalue weighted by molar-refractivity contribution is 6.03. The average Bonchev–Trinajstić information content (AvgIpc) is 2.45. The Morgan fingerprint density at radius 3 is 2.57 bits per heavy atom. The van der Waals surface area contributed by atoms with Crippen molar-refractivity contribution in [1.82, 2.24) is 0 Å². The van der Waals surface area contributed by atoms with Crippen molar-refractivity contribution >= 4 is 11.8 Å². The van der Waals surface area contributed by atoms with Gasteiger partial charge in [0.25, 0.3) is 0 Å². The molecule has 6 heteroatoms. The van der Waals surface area contributed by atoms with E-state index in [1.54, 1.807) is 13.0 Å². The molecule has 0 saturated carbocycles. The van der Waals surface area contributed by atoms with Crippen LogP contribution in [0.5, 0.6) is 5.75 Å².